The Kier molecular flexibility index (Phi) is 6.47. The van der Waals surface area contributed by atoms with Crippen LogP contribution in [-0.4, -0.2) is 18.7 Å². The van der Waals surface area contributed by atoms with Crippen LogP contribution in [0.1, 0.15) is 17.5 Å². The predicted molar refractivity (Wildman–Crippen MR) is 91.1 cm³/mol. The summed E-state index contributed by atoms with van der Waals surface area (Å²) >= 11 is 5.84. The van der Waals surface area contributed by atoms with Crippen LogP contribution < -0.4 is 10.1 Å². The number of benzene rings is 2. The van der Waals surface area contributed by atoms with Gasteiger partial charge in [0.25, 0.3) is 0 Å². The van der Waals surface area contributed by atoms with E-state index < -0.39 is 18.7 Å². The highest BCUT2D eigenvalue weighted by Crippen LogP contribution is 2.30. The van der Waals surface area contributed by atoms with Gasteiger partial charge in [0, 0.05) is 11.4 Å². The highest BCUT2D eigenvalue weighted by atomic mass is 35.5. The topological polar surface area (TPSA) is 62.1 Å². The van der Waals surface area contributed by atoms with E-state index in [2.05, 4.69) is 5.32 Å². The van der Waals surface area contributed by atoms with Crippen LogP contribution in [0.3, 0.4) is 0 Å². The fraction of sp³-hybridized carbons (Fsp3) is 0.222. The summed E-state index contributed by atoms with van der Waals surface area (Å²) in [6.45, 7) is -1.47. The Morgan fingerprint density at radius 1 is 1.19 bits per heavy atom. The summed E-state index contributed by atoms with van der Waals surface area (Å²) in [5.41, 5.74) is 1.45. The van der Waals surface area contributed by atoms with E-state index in [1.54, 1.807) is 24.3 Å². The smallest absolute Gasteiger partial charge is 0.422 e. The van der Waals surface area contributed by atoms with Gasteiger partial charge in [-0.15, -0.1) is 0 Å². The number of nitrogens with zero attached hydrogens (tertiary/aromatic N) is 1. The van der Waals surface area contributed by atoms with Crippen molar-refractivity contribution in [3.05, 3.63) is 58.6 Å². The summed E-state index contributed by atoms with van der Waals surface area (Å²) in [6.07, 6.45) is -3.97. The summed E-state index contributed by atoms with van der Waals surface area (Å²) in [5, 5.41) is 11.5. The number of carbonyl (C=O) groups excluding carboxylic acids is 1. The molecule has 2 aromatic rings. The molecule has 0 heterocycles. The molecule has 0 saturated carbocycles. The van der Waals surface area contributed by atoms with Gasteiger partial charge in [-0.25, -0.2) is 0 Å². The molecule has 1 N–H and O–H groups in total. The molecule has 0 aliphatic heterocycles. The Labute approximate surface area is 153 Å². The maximum Gasteiger partial charge on any atom is 0.422 e. The lowest BCUT2D eigenvalue weighted by molar-refractivity contribution is -0.153. The zero-order chi connectivity index (χ0) is 19.2. The summed E-state index contributed by atoms with van der Waals surface area (Å²) in [5.74, 6) is -0.507. The standard InChI is InChI=1S/C18H14ClF3N2O2/c19-14-6-7-16(26-11-18(20,21)22)15(9-14)24-17(25)8-5-12-1-3-13(10-23)4-2-12/h1-4,6-7,9H,5,8,11H2,(H,24,25). The second-order valence-electron chi connectivity index (χ2n) is 5.40. The fourth-order valence-electron chi connectivity index (χ4n) is 2.10. The Morgan fingerprint density at radius 2 is 1.88 bits per heavy atom. The van der Waals surface area contributed by atoms with Crippen molar-refractivity contribution in [1.29, 1.82) is 5.26 Å². The molecule has 0 spiro atoms. The quantitative estimate of drug-likeness (QED) is 0.786. The molecular weight excluding hydrogens is 369 g/mol. The predicted octanol–water partition coefficient (Wildman–Crippen LogP) is 4.72. The van der Waals surface area contributed by atoms with Crippen molar-refractivity contribution in [2.24, 2.45) is 0 Å². The lowest BCUT2D eigenvalue weighted by atomic mass is 10.1. The highest BCUT2D eigenvalue weighted by molar-refractivity contribution is 6.31. The number of halogens is 4. The molecule has 0 unspecified atom stereocenters. The molecule has 0 aromatic heterocycles. The fourth-order valence-corrected chi connectivity index (χ4v) is 2.27. The van der Waals surface area contributed by atoms with E-state index in [1.807, 2.05) is 6.07 Å². The average Bonchev–Trinajstić information content (AvgIpc) is 2.59. The molecule has 0 radical (unpaired) electrons. The molecule has 0 atom stereocenters. The van der Waals surface area contributed by atoms with Crippen LogP contribution in [-0.2, 0) is 11.2 Å². The second kappa shape index (κ2) is 8.59. The minimum atomic E-state index is -4.49. The number of carbonyl (C=O) groups is 1. The first-order chi connectivity index (χ1) is 12.3. The number of rotatable bonds is 6. The Hall–Kier alpha value is -2.72. The largest absolute Gasteiger partial charge is 0.482 e. The summed E-state index contributed by atoms with van der Waals surface area (Å²) in [4.78, 5) is 12.1. The molecule has 0 aliphatic rings. The van der Waals surface area contributed by atoms with Crippen LogP contribution in [0.25, 0.3) is 0 Å². The summed E-state index contributed by atoms with van der Waals surface area (Å²) in [7, 11) is 0. The summed E-state index contributed by atoms with van der Waals surface area (Å²) < 4.78 is 41.7. The maximum absolute atomic E-state index is 12.3. The van der Waals surface area contributed by atoms with Gasteiger partial charge < -0.3 is 10.1 Å². The van der Waals surface area contributed by atoms with Crippen molar-refractivity contribution in [3.8, 4) is 11.8 Å². The van der Waals surface area contributed by atoms with Gasteiger partial charge in [0.05, 0.1) is 17.3 Å². The third-order valence-corrected chi connectivity index (χ3v) is 3.57. The van der Waals surface area contributed by atoms with E-state index in [0.717, 1.165) is 5.56 Å². The molecule has 0 fully saturated rings. The third-order valence-electron chi connectivity index (χ3n) is 3.33. The molecule has 0 saturated heterocycles. The molecule has 0 bridgehead atoms. The number of ether oxygens (including phenoxy) is 1. The van der Waals surface area contributed by atoms with Crippen molar-refractivity contribution in [1.82, 2.24) is 0 Å². The zero-order valence-corrected chi connectivity index (χ0v) is 14.2. The average molecular weight is 383 g/mol. The van der Waals surface area contributed by atoms with Gasteiger partial charge in [-0.1, -0.05) is 23.7 Å². The molecule has 4 nitrogen and oxygen atoms in total. The lowest BCUT2D eigenvalue weighted by Crippen LogP contribution is -2.20. The highest BCUT2D eigenvalue weighted by Gasteiger charge is 2.29. The minimum Gasteiger partial charge on any atom is -0.482 e. The molecule has 8 heteroatoms. The number of nitrogens with one attached hydrogen (secondary N) is 1. The minimum absolute atomic E-state index is 0.0755. The number of nitriles is 1. The van der Waals surface area contributed by atoms with Gasteiger partial charge in [-0.05, 0) is 42.3 Å². The SMILES string of the molecule is N#Cc1ccc(CCC(=O)Nc2cc(Cl)ccc2OCC(F)(F)F)cc1. The van der Waals surface area contributed by atoms with Crippen LogP contribution in [0.5, 0.6) is 5.75 Å². The normalized spacial score (nSPS) is 10.9. The number of alkyl halides is 3. The van der Waals surface area contributed by atoms with Gasteiger partial charge in [-0.3, -0.25) is 4.79 Å². The van der Waals surface area contributed by atoms with E-state index in [1.165, 1.54) is 18.2 Å². The number of amides is 1. The Morgan fingerprint density at radius 3 is 2.50 bits per heavy atom. The molecular formula is C18H14ClF3N2O2. The van der Waals surface area contributed by atoms with Gasteiger partial charge >= 0.3 is 6.18 Å². The molecule has 2 aromatic carbocycles. The van der Waals surface area contributed by atoms with E-state index in [4.69, 9.17) is 21.6 Å². The van der Waals surface area contributed by atoms with Crippen LogP contribution in [0.4, 0.5) is 18.9 Å². The lowest BCUT2D eigenvalue weighted by Gasteiger charge is -2.14. The van der Waals surface area contributed by atoms with E-state index in [9.17, 15) is 18.0 Å². The van der Waals surface area contributed by atoms with E-state index in [0.29, 0.717) is 12.0 Å². The first-order valence-corrected chi connectivity index (χ1v) is 7.92. The van der Waals surface area contributed by atoms with Crippen molar-refractivity contribution < 1.29 is 22.7 Å². The van der Waals surface area contributed by atoms with Crippen LogP contribution >= 0.6 is 11.6 Å². The van der Waals surface area contributed by atoms with Crippen molar-refractivity contribution >= 4 is 23.2 Å². The first kappa shape index (κ1) is 19.6. The van der Waals surface area contributed by atoms with Gasteiger partial charge in [0.1, 0.15) is 5.75 Å². The number of hydrogen-bond acceptors (Lipinski definition) is 3. The van der Waals surface area contributed by atoms with Crippen molar-refractivity contribution in [2.45, 2.75) is 19.0 Å². The molecule has 1 amide bonds. The van der Waals surface area contributed by atoms with Crippen LogP contribution in [0.2, 0.25) is 5.02 Å². The second-order valence-corrected chi connectivity index (χ2v) is 5.84. The number of aryl methyl sites for hydroxylation is 1. The zero-order valence-electron chi connectivity index (χ0n) is 13.4. The molecule has 0 aliphatic carbocycles. The maximum atomic E-state index is 12.3. The van der Waals surface area contributed by atoms with Gasteiger partial charge in [0.15, 0.2) is 6.61 Å². The monoisotopic (exact) mass is 382 g/mol. The van der Waals surface area contributed by atoms with Crippen molar-refractivity contribution in [3.63, 3.8) is 0 Å². The van der Waals surface area contributed by atoms with Crippen LogP contribution in [0, 0.1) is 11.3 Å². The Bertz CT molecular complexity index is 815. The third kappa shape index (κ3) is 6.30. The number of anilines is 1. The first-order valence-electron chi connectivity index (χ1n) is 7.55. The van der Waals surface area contributed by atoms with E-state index in [-0.39, 0.29) is 22.9 Å². The Balaban J connectivity index is 1.98. The van der Waals surface area contributed by atoms with Gasteiger partial charge in [0.2, 0.25) is 5.91 Å². The molecule has 136 valence electrons. The molecule has 2 rings (SSSR count). The van der Waals surface area contributed by atoms with Crippen molar-refractivity contribution in [2.75, 3.05) is 11.9 Å². The van der Waals surface area contributed by atoms with Gasteiger partial charge in [-0.2, -0.15) is 18.4 Å². The summed E-state index contributed by atoms with van der Waals surface area (Å²) in [6, 6.07) is 12.7. The number of hydrogen-bond donors (Lipinski definition) is 1. The van der Waals surface area contributed by atoms with E-state index >= 15 is 0 Å². The molecule has 26 heavy (non-hydrogen) atoms. The van der Waals surface area contributed by atoms with Crippen LogP contribution in [0.15, 0.2) is 42.5 Å².